The van der Waals surface area contributed by atoms with E-state index in [1.54, 1.807) is 12.1 Å². The standard InChI is InChI=1S/C26H28FNO2/c1-17(2)25-22(14-29)24(20-10-12-21(27)13-11-20)23(26(28-25)18(3)4)16-30-15-19-8-6-5-7-9-19/h5-14,17-18H,15-16H2,1-4H3. The van der Waals surface area contributed by atoms with Crippen molar-refractivity contribution in [2.24, 2.45) is 0 Å². The van der Waals surface area contributed by atoms with Gasteiger partial charge in [-0.2, -0.15) is 0 Å². The highest BCUT2D eigenvalue weighted by molar-refractivity contribution is 5.91. The predicted octanol–water partition coefficient (Wildman–Crippen LogP) is 6.66. The number of aromatic nitrogens is 1. The molecule has 0 saturated carbocycles. The molecule has 0 atom stereocenters. The molecule has 3 nitrogen and oxygen atoms in total. The molecule has 0 unspecified atom stereocenters. The molecule has 0 aliphatic carbocycles. The molecule has 0 N–H and O–H groups in total. The average molecular weight is 406 g/mol. The van der Waals surface area contributed by atoms with Gasteiger partial charge in [0.1, 0.15) is 5.82 Å². The summed E-state index contributed by atoms with van der Waals surface area (Å²) >= 11 is 0. The van der Waals surface area contributed by atoms with Crippen LogP contribution < -0.4 is 0 Å². The Balaban J connectivity index is 2.13. The molecule has 0 fully saturated rings. The van der Waals surface area contributed by atoms with Crippen LogP contribution in [0.4, 0.5) is 4.39 Å². The van der Waals surface area contributed by atoms with Gasteiger partial charge in [-0.1, -0.05) is 70.2 Å². The average Bonchev–Trinajstić information content (AvgIpc) is 2.74. The quantitative estimate of drug-likeness (QED) is 0.393. The van der Waals surface area contributed by atoms with Gasteiger partial charge in [0.15, 0.2) is 6.29 Å². The molecular weight excluding hydrogens is 377 g/mol. The molecule has 0 amide bonds. The molecule has 30 heavy (non-hydrogen) atoms. The molecule has 4 heteroatoms. The number of carbonyl (C=O) groups excluding carboxylic acids is 1. The first-order chi connectivity index (χ1) is 14.4. The molecule has 1 heterocycles. The molecule has 156 valence electrons. The second-order valence-electron chi connectivity index (χ2n) is 8.06. The third-order valence-corrected chi connectivity index (χ3v) is 5.10. The summed E-state index contributed by atoms with van der Waals surface area (Å²) in [7, 11) is 0. The summed E-state index contributed by atoms with van der Waals surface area (Å²) in [5.41, 5.74) is 5.78. The molecule has 1 aromatic heterocycles. The maximum Gasteiger partial charge on any atom is 0.152 e. The van der Waals surface area contributed by atoms with Crippen molar-refractivity contribution in [3.8, 4) is 11.1 Å². The van der Waals surface area contributed by atoms with Crippen LogP contribution in [0.3, 0.4) is 0 Å². The third kappa shape index (κ3) is 4.82. The van der Waals surface area contributed by atoms with Gasteiger partial charge in [0, 0.05) is 22.4 Å². The first-order valence-electron chi connectivity index (χ1n) is 10.3. The number of hydrogen-bond acceptors (Lipinski definition) is 3. The highest BCUT2D eigenvalue weighted by atomic mass is 19.1. The van der Waals surface area contributed by atoms with E-state index in [2.05, 4.69) is 13.8 Å². The van der Waals surface area contributed by atoms with E-state index in [-0.39, 0.29) is 17.7 Å². The summed E-state index contributed by atoms with van der Waals surface area (Å²) < 4.78 is 19.6. The number of halogens is 1. The van der Waals surface area contributed by atoms with Crippen LogP contribution in [0.2, 0.25) is 0 Å². The summed E-state index contributed by atoms with van der Waals surface area (Å²) in [5.74, 6) is -0.0746. The Kier molecular flexibility index (Phi) is 7.11. The van der Waals surface area contributed by atoms with Crippen molar-refractivity contribution in [2.45, 2.75) is 52.7 Å². The Bertz CT molecular complexity index is 996. The van der Waals surface area contributed by atoms with Crippen LogP contribution in [0.5, 0.6) is 0 Å². The van der Waals surface area contributed by atoms with Crippen LogP contribution in [-0.2, 0) is 18.0 Å². The molecular formula is C26H28FNO2. The van der Waals surface area contributed by atoms with Crippen LogP contribution in [0.1, 0.15) is 72.4 Å². The number of nitrogens with zero attached hydrogens (tertiary/aromatic N) is 1. The van der Waals surface area contributed by atoms with Crippen molar-refractivity contribution in [1.82, 2.24) is 4.98 Å². The summed E-state index contributed by atoms with van der Waals surface area (Å²) in [6, 6.07) is 16.2. The van der Waals surface area contributed by atoms with Crippen LogP contribution in [-0.4, -0.2) is 11.3 Å². The van der Waals surface area contributed by atoms with E-state index in [1.807, 2.05) is 44.2 Å². The number of hydrogen-bond donors (Lipinski definition) is 0. The Labute approximate surface area is 177 Å². The first-order valence-corrected chi connectivity index (χ1v) is 10.3. The molecule has 2 aromatic carbocycles. The SMILES string of the molecule is CC(C)c1nc(C(C)C)c(COCc2ccccc2)c(-c2ccc(F)cc2)c1C=O. The molecule has 3 rings (SSSR count). The van der Waals surface area contributed by atoms with Gasteiger partial charge in [-0.3, -0.25) is 9.78 Å². The highest BCUT2D eigenvalue weighted by Gasteiger charge is 2.23. The van der Waals surface area contributed by atoms with E-state index in [1.165, 1.54) is 12.1 Å². The zero-order valence-corrected chi connectivity index (χ0v) is 18.0. The van der Waals surface area contributed by atoms with Gasteiger partial charge in [0.2, 0.25) is 0 Å². The maximum atomic E-state index is 13.6. The minimum atomic E-state index is -0.310. The summed E-state index contributed by atoms with van der Waals surface area (Å²) in [6.45, 7) is 9.01. The lowest BCUT2D eigenvalue weighted by atomic mass is 9.88. The normalized spacial score (nSPS) is 11.3. The molecule has 0 aliphatic heterocycles. The third-order valence-electron chi connectivity index (χ3n) is 5.10. The van der Waals surface area contributed by atoms with E-state index in [0.29, 0.717) is 18.8 Å². The second kappa shape index (κ2) is 9.77. The lowest BCUT2D eigenvalue weighted by Crippen LogP contribution is -2.13. The lowest BCUT2D eigenvalue weighted by Gasteiger charge is -2.23. The van der Waals surface area contributed by atoms with Gasteiger partial charge in [0.05, 0.1) is 18.9 Å². The first kappa shape index (κ1) is 21.8. The van der Waals surface area contributed by atoms with Crippen molar-refractivity contribution in [2.75, 3.05) is 0 Å². The zero-order valence-electron chi connectivity index (χ0n) is 18.0. The lowest BCUT2D eigenvalue weighted by molar-refractivity contribution is 0.106. The number of carbonyl (C=O) groups is 1. The fourth-order valence-corrected chi connectivity index (χ4v) is 3.65. The van der Waals surface area contributed by atoms with Gasteiger partial charge >= 0.3 is 0 Å². The summed E-state index contributed by atoms with van der Waals surface area (Å²) in [4.78, 5) is 17.1. The fraction of sp³-hybridized carbons (Fsp3) is 0.308. The van der Waals surface area contributed by atoms with Crippen molar-refractivity contribution < 1.29 is 13.9 Å². The van der Waals surface area contributed by atoms with E-state index in [4.69, 9.17) is 9.72 Å². The highest BCUT2D eigenvalue weighted by Crippen LogP contribution is 2.36. The molecule has 0 spiro atoms. The largest absolute Gasteiger partial charge is 0.372 e. The van der Waals surface area contributed by atoms with Crippen molar-refractivity contribution >= 4 is 6.29 Å². The molecule has 0 radical (unpaired) electrons. The molecule has 0 bridgehead atoms. The Morgan fingerprint density at radius 3 is 2.10 bits per heavy atom. The second-order valence-corrected chi connectivity index (χ2v) is 8.06. The van der Waals surface area contributed by atoms with Crippen LogP contribution in [0.15, 0.2) is 54.6 Å². The van der Waals surface area contributed by atoms with E-state index >= 15 is 0 Å². The summed E-state index contributed by atoms with van der Waals surface area (Å²) in [5, 5.41) is 0. The monoisotopic (exact) mass is 405 g/mol. The zero-order chi connectivity index (χ0) is 21.7. The van der Waals surface area contributed by atoms with Crippen molar-refractivity contribution in [3.05, 3.63) is 88.5 Å². The van der Waals surface area contributed by atoms with E-state index in [9.17, 15) is 9.18 Å². The van der Waals surface area contributed by atoms with Gasteiger partial charge in [-0.15, -0.1) is 0 Å². The minimum Gasteiger partial charge on any atom is -0.372 e. The Morgan fingerprint density at radius 2 is 1.53 bits per heavy atom. The molecule has 3 aromatic rings. The number of pyridine rings is 1. The van der Waals surface area contributed by atoms with Gasteiger partial charge in [-0.25, -0.2) is 4.39 Å². The maximum absolute atomic E-state index is 13.6. The number of rotatable bonds is 8. The Hall–Kier alpha value is -2.85. The van der Waals surface area contributed by atoms with Gasteiger partial charge in [-0.05, 0) is 35.1 Å². The predicted molar refractivity (Wildman–Crippen MR) is 118 cm³/mol. The minimum absolute atomic E-state index is 0.0844. The molecule has 0 aliphatic rings. The number of ether oxygens (including phenoxy) is 1. The Morgan fingerprint density at radius 1 is 0.900 bits per heavy atom. The molecule has 0 saturated heterocycles. The summed E-state index contributed by atoms with van der Waals surface area (Å²) in [6.07, 6.45) is 0.867. The van der Waals surface area contributed by atoms with Crippen LogP contribution in [0.25, 0.3) is 11.1 Å². The smallest absolute Gasteiger partial charge is 0.152 e. The van der Waals surface area contributed by atoms with Crippen molar-refractivity contribution in [1.29, 1.82) is 0 Å². The topological polar surface area (TPSA) is 39.2 Å². The van der Waals surface area contributed by atoms with Gasteiger partial charge < -0.3 is 4.74 Å². The van der Waals surface area contributed by atoms with Gasteiger partial charge in [0.25, 0.3) is 0 Å². The van der Waals surface area contributed by atoms with Crippen molar-refractivity contribution in [3.63, 3.8) is 0 Å². The van der Waals surface area contributed by atoms with Crippen LogP contribution in [0, 0.1) is 5.82 Å². The van der Waals surface area contributed by atoms with E-state index < -0.39 is 0 Å². The number of aldehydes is 1. The number of benzene rings is 2. The van der Waals surface area contributed by atoms with E-state index in [0.717, 1.165) is 39.9 Å². The van der Waals surface area contributed by atoms with Crippen LogP contribution >= 0.6 is 0 Å². The fourth-order valence-electron chi connectivity index (χ4n) is 3.65.